The lowest BCUT2D eigenvalue weighted by Gasteiger charge is -2.40. The van der Waals surface area contributed by atoms with E-state index in [1.165, 1.54) is 17.7 Å². The minimum absolute atomic E-state index is 0.0992. The molecule has 8 nitrogen and oxygen atoms in total. The van der Waals surface area contributed by atoms with Gasteiger partial charge < -0.3 is 24.8 Å². The summed E-state index contributed by atoms with van der Waals surface area (Å²) in [4.78, 5) is 16.3. The van der Waals surface area contributed by atoms with Gasteiger partial charge in [-0.05, 0) is 49.7 Å². The Bertz CT molecular complexity index is 1440. The van der Waals surface area contributed by atoms with Crippen molar-refractivity contribution < 1.29 is 9.13 Å². The molecule has 37 heavy (non-hydrogen) atoms. The number of likely N-dealkylation sites (N-methyl/N-ethyl adjacent to an activating group) is 1. The smallest absolute Gasteiger partial charge is 0.229 e. The van der Waals surface area contributed by atoms with E-state index in [9.17, 15) is 4.39 Å². The molecule has 0 bridgehead atoms. The Labute approximate surface area is 219 Å². The fourth-order valence-corrected chi connectivity index (χ4v) is 5.29. The van der Waals surface area contributed by atoms with Crippen LogP contribution in [0.15, 0.2) is 55.0 Å². The second-order valence-corrected chi connectivity index (χ2v) is 9.77. The maximum Gasteiger partial charge on any atom is 0.229 e. The number of halogens is 2. The lowest BCUT2D eigenvalue weighted by atomic mass is 9.96. The first kappa shape index (κ1) is 23.7. The number of ether oxygens (including phenoxy) is 1. The number of rotatable bonds is 7. The predicted octanol–water partition coefficient (Wildman–Crippen LogP) is 4.69. The molecule has 1 unspecified atom stereocenters. The molecule has 1 aliphatic heterocycles. The molecule has 190 valence electrons. The van der Waals surface area contributed by atoms with Crippen LogP contribution in [0, 0.1) is 5.82 Å². The van der Waals surface area contributed by atoms with Gasteiger partial charge in [-0.25, -0.2) is 14.4 Å². The predicted molar refractivity (Wildman–Crippen MR) is 142 cm³/mol. The number of imidazole rings is 1. The zero-order chi connectivity index (χ0) is 25.5. The Kier molecular flexibility index (Phi) is 6.18. The van der Waals surface area contributed by atoms with Crippen LogP contribution in [-0.4, -0.2) is 52.8 Å². The number of fused-ring (bicyclic) bond motifs is 1. The first-order valence-electron chi connectivity index (χ1n) is 12.3. The summed E-state index contributed by atoms with van der Waals surface area (Å²) >= 11 is 6.00. The van der Waals surface area contributed by atoms with Gasteiger partial charge in [0.1, 0.15) is 28.9 Å². The van der Waals surface area contributed by atoms with Crippen LogP contribution in [0.3, 0.4) is 0 Å². The van der Waals surface area contributed by atoms with Crippen LogP contribution in [0.1, 0.15) is 29.2 Å². The van der Waals surface area contributed by atoms with Crippen LogP contribution in [0.5, 0.6) is 5.75 Å². The van der Waals surface area contributed by atoms with Crippen molar-refractivity contribution in [1.82, 2.24) is 24.8 Å². The molecule has 2 aromatic carbocycles. The molecule has 0 spiro atoms. The molecule has 10 heteroatoms. The highest BCUT2D eigenvalue weighted by molar-refractivity contribution is 6.29. The molecule has 1 atom stereocenters. The summed E-state index contributed by atoms with van der Waals surface area (Å²) < 4.78 is 21.0. The molecular weight excluding hydrogens is 493 g/mol. The molecule has 2 aromatic heterocycles. The van der Waals surface area contributed by atoms with Crippen molar-refractivity contribution in [2.45, 2.75) is 24.8 Å². The summed E-state index contributed by atoms with van der Waals surface area (Å²) in [6, 6.07) is 13.0. The van der Waals surface area contributed by atoms with Crippen LogP contribution >= 0.6 is 11.6 Å². The van der Waals surface area contributed by atoms with Crippen molar-refractivity contribution in [2.24, 2.45) is 0 Å². The molecule has 4 aromatic rings. The standard InChI is InChI=1S/C27H27ClFN7O/c1-30-19-12-35(13-19)26-21-9-8-20(16-3-5-17(29)6-4-16)25(21)33-27(34-26)32-18-7-10-22(23(11-18)37-2)36-14-24(28)31-15-36/h3-7,10-11,14-15,19-20,30H,8-9,12-13H2,1-2H3,(H,32,33,34). The quantitative estimate of drug-likeness (QED) is 0.366. The molecule has 0 amide bonds. The van der Waals surface area contributed by atoms with Gasteiger partial charge in [-0.2, -0.15) is 4.98 Å². The monoisotopic (exact) mass is 519 g/mol. The van der Waals surface area contributed by atoms with Gasteiger partial charge in [-0.3, -0.25) is 0 Å². The first-order valence-corrected chi connectivity index (χ1v) is 12.6. The Morgan fingerprint density at radius 2 is 1.92 bits per heavy atom. The number of aromatic nitrogens is 4. The number of hydrogen-bond donors (Lipinski definition) is 2. The van der Waals surface area contributed by atoms with E-state index in [0.29, 0.717) is 22.9 Å². The van der Waals surface area contributed by atoms with Gasteiger partial charge in [0.2, 0.25) is 5.95 Å². The van der Waals surface area contributed by atoms with Crippen LogP contribution in [0.4, 0.5) is 21.8 Å². The Hall–Kier alpha value is -3.69. The first-order chi connectivity index (χ1) is 18.0. The maximum atomic E-state index is 13.6. The summed E-state index contributed by atoms with van der Waals surface area (Å²) in [5, 5.41) is 7.13. The van der Waals surface area contributed by atoms with E-state index in [1.807, 2.05) is 41.9 Å². The molecule has 0 radical (unpaired) electrons. The zero-order valence-electron chi connectivity index (χ0n) is 20.6. The fourth-order valence-electron chi connectivity index (χ4n) is 5.14. The Balaban J connectivity index is 1.36. The van der Waals surface area contributed by atoms with Gasteiger partial charge in [0.15, 0.2) is 0 Å². The molecule has 3 heterocycles. The van der Waals surface area contributed by atoms with Gasteiger partial charge >= 0.3 is 0 Å². The normalized spacial score (nSPS) is 17.0. The maximum absolute atomic E-state index is 13.6. The van der Waals surface area contributed by atoms with Crippen molar-refractivity contribution in [1.29, 1.82) is 0 Å². The zero-order valence-corrected chi connectivity index (χ0v) is 21.3. The van der Waals surface area contributed by atoms with E-state index in [-0.39, 0.29) is 11.7 Å². The highest BCUT2D eigenvalue weighted by atomic mass is 35.5. The molecular formula is C27H27ClFN7O. The third kappa shape index (κ3) is 4.49. The van der Waals surface area contributed by atoms with Crippen molar-refractivity contribution in [3.05, 3.63) is 82.8 Å². The van der Waals surface area contributed by atoms with Crippen molar-refractivity contribution in [2.75, 3.05) is 37.5 Å². The highest BCUT2D eigenvalue weighted by Crippen LogP contribution is 2.42. The molecule has 6 rings (SSSR count). The summed E-state index contributed by atoms with van der Waals surface area (Å²) in [5.41, 5.74) is 4.87. The van der Waals surface area contributed by atoms with Gasteiger partial charge in [-0.1, -0.05) is 23.7 Å². The van der Waals surface area contributed by atoms with Crippen LogP contribution in [0.2, 0.25) is 5.15 Å². The minimum atomic E-state index is -0.234. The molecule has 2 aliphatic rings. The summed E-state index contributed by atoms with van der Waals surface area (Å²) in [7, 11) is 3.61. The lowest BCUT2D eigenvalue weighted by molar-refractivity contribution is 0.413. The SMILES string of the molecule is CNC1CN(c2nc(Nc3ccc(-n4cnc(Cl)c4)c(OC)c3)nc3c2CCC3c2ccc(F)cc2)C1. The Morgan fingerprint density at radius 1 is 1.11 bits per heavy atom. The van der Waals surface area contributed by atoms with E-state index < -0.39 is 0 Å². The third-order valence-electron chi connectivity index (χ3n) is 7.16. The average Bonchev–Trinajstić information content (AvgIpc) is 3.50. The Morgan fingerprint density at radius 3 is 2.62 bits per heavy atom. The fraction of sp³-hybridized carbons (Fsp3) is 0.296. The average molecular weight is 520 g/mol. The number of anilines is 3. The van der Waals surface area contributed by atoms with E-state index in [4.69, 9.17) is 26.3 Å². The van der Waals surface area contributed by atoms with E-state index >= 15 is 0 Å². The minimum Gasteiger partial charge on any atom is -0.494 e. The topological polar surface area (TPSA) is 80.1 Å². The van der Waals surface area contributed by atoms with Crippen LogP contribution in [0.25, 0.3) is 5.69 Å². The van der Waals surface area contributed by atoms with Crippen molar-refractivity contribution >= 4 is 29.1 Å². The van der Waals surface area contributed by atoms with E-state index in [2.05, 4.69) is 20.5 Å². The number of benzene rings is 2. The molecule has 0 saturated carbocycles. The van der Waals surface area contributed by atoms with Gasteiger partial charge in [0, 0.05) is 48.6 Å². The lowest BCUT2D eigenvalue weighted by Crippen LogP contribution is -2.57. The number of hydrogen-bond acceptors (Lipinski definition) is 7. The van der Waals surface area contributed by atoms with Crippen molar-refractivity contribution in [3.8, 4) is 11.4 Å². The number of nitrogens with zero attached hydrogens (tertiary/aromatic N) is 5. The molecule has 1 fully saturated rings. The summed E-state index contributed by atoms with van der Waals surface area (Å²) in [6.07, 6.45) is 5.18. The number of nitrogens with one attached hydrogen (secondary N) is 2. The van der Waals surface area contributed by atoms with E-state index in [0.717, 1.165) is 54.4 Å². The highest BCUT2D eigenvalue weighted by Gasteiger charge is 2.35. The summed E-state index contributed by atoms with van der Waals surface area (Å²) in [5.74, 6) is 2.02. The molecule has 1 aliphatic carbocycles. The number of methoxy groups -OCH3 is 1. The third-order valence-corrected chi connectivity index (χ3v) is 7.35. The van der Waals surface area contributed by atoms with E-state index in [1.54, 1.807) is 19.6 Å². The van der Waals surface area contributed by atoms with Crippen molar-refractivity contribution in [3.63, 3.8) is 0 Å². The van der Waals surface area contributed by atoms with Crippen LogP contribution in [-0.2, 0) is 6.42 Å². The van der Waals surface area contributed by atoms with Gasteiger partial charge in [-0.15, -0.1) is 0 Å². The largest absolute Gasteiger partial charge is 0.494 e. The van der Waals surface area contributed by atoms with Gasteiger partial charge in [0.25, 0.3) is 0 Å². The molecule has 2 N–H and O–H groups in total. The second-order valence-electron chi connectivity index (χ2n) is 9.38. The van der Waals surface area contributed by atoms with Crippen LogP contribution < -0.4 is 20.3 Å². The summed E-state index contributed by atoms with van der Waals surface area (Å²) in [6.45, 7) is 1.80. The van der Waals surface area contributed by atoms with Gasteiger partial charge in [0.05, 0.1) is 18.5 Å². The second kappa shape index (κ2) is 9.64. The molecule has 1 saturated heterocycles.